The highest BCUT2D eigenvalue weighted by Crippen LogP contribution is 2.27. The first-order valence-electron chi connectivity index (χ1n) is 8.29. The van der Waals surface area contributed by atoms with E-state index < -0.39 is 23.6 Å². The molecule has 4 N–H and O–H groups in total. The first-order valence-corrected chi connectivity index (χ1v) is 9.37. The number of carbonyl (C=O) groups is 1. The summed E-state index contributed by atoms with van der Waals surface area (Å²) in [5.74, 6) is -1.92. The lowest BCUT2D eigenvalue weighted by atomic mass is 9.98. The molecule has 0 spiro atoms. The number of ether oxygens (including phenoxy) is 1. The molecule has 1 atom stereocenters. The average Bonchev–Trinajstić information content (AvgIpc) is 2.60. The lowest BCUT2D eigenvalue weighted by molar-refractivity contribution is 0.0826. The van der Waals surface area contributed by atoms with E-state index in [2.05, 4.69) is 0 Å². The van der Waals surface area contributed by atoms with Crippen molar-refractivity contribution in [1.29, 1.82) is 0 Å². The van der Waals surface area contributed by atoms with Crippen LogP contribution in [0.4, 0.5) is 8.78 Å². The topological polar surface area (TPSA) is 92.8 Å². The number of rotatable bonds is 9. The number of carbonyl (C=O) groups excluding carboxylic acids is 1. The van der Waals surface area contributed by atoms with E-state index in [0.29, 0.717) is 18.4 Å². The molecule has 5 nitrogen and oxygen atoms in total. The van der Waals surface area contributed by atoms with Gasteiger partial charge in [0.25, 0.3) is 5.91 Å². The van der Waals surface area contributed by atoms with Crippen LogP contribution in [-0.4, -0.2) is 35.4 Å². The summed E-state index contributed by atoms with van der Waals surface area (Å²) < 4.78 is 34.4. The van der Waals surface area contributed by atoms with Crippen LogP contribution in [0.2, 0.25) is 0 Å². The number of amides is 1. The Bertz CT molecular complexity index is 817. The fourth-order valence-electron chi connectivity index (χ4n) is 2.63. The zero-order valence-corrected chi connectivity index (χ0v) is 16.6. The van der Waals surface area contributed by atoms with Gasteiger partial charge >= 0.3 is 0 Å². The molecule has 0 aliphatic heterocycles. The average molecular weight is 491 g/mol. The standard InChI is InChI=1S/C19H20F2INO4/c20-13-7-12(6-11-3-4-14(22)9-16(11)21)18(19(23)26)17(8-13)27-5-1-2-15(25)10-24/h3-4,7-9,15,24-25H,1-2,5-6,10H2,(H2,23,26)/t15-/m0/s1. The maximum absolute atomic E-state index is 14.1. The maximum Gasteiger partial charge on any atom is 0.252 e. The van der Waals surface area contributed by atoms with Crippen molar-refractivity contribution in [2.45, 2.75) is 25.4 Å². The molecule has 2 aromatic carbocycles. The Labute approximate surface area is 169 Å². The van der Waals surface area contributed by atoms with Crippen molar-refractivity contribution >= 4 is 28.5 Å². The minimum atomic E-state index is -0.865. The summed E-state index contributed by atoms with van der Waals surface area (Å²) in [4.78, 5) is 11.9. The third-order valence-electron chi connectivity index (χ3n) is 3.94. The summed E-state index contributed by atoms with van der Waals surface area (Å²) in [6.07, 6.45) is -0.204. The largest absolute Gasteiger partial charge is 0.493 e. The zero-order valence-electron chi connectivity index (χ0n) is 14.4. The molecule has 0 aliphatic rings. The molecule has 146 valence electrons. The van der Waals surface area contributed by atoms with Crippen LogP contribution < -0.4 is 10.5 Å². The monoisotopic (exact) mass is 491 g/mol. The molecular formula is C19H20F2INO4. The minimum absolute atomic E-state index is 0.00273. The number of aliphatic hydroxyl groups is 2. The summed E-state index contributed by atoms with van der Waals surface area (Å²) in [6, 6.07) is 6.83. The van der Waals surface area contributed by atoms with Crippen LogP contribution in [0.3, 0.4) is 0 Å². The van der Waals surface area contributed by atoms with Crippen LogP contribution in [0.5, 0.6) is 5.75 Å². The zero-order chi connectivity index (χ0) is 20.0. The van der Waals surface area contributed by atoms with Gasteiger partial charge in [0, 0.05) is 16.1 Å². The highest BCUT2D eigenvalue weighted by molar-refractivity contribution is 14.1. The number of nitrogens with two attached hydrogens (primary N) is 1. The fourth-order valence-corrected chi connectivity index (χ4v) is 3.08. The van der Waals surface area contributed by atoms with Gasteiger partial charge in [0.05, 0.1) is 24.9 Å². The van der Waals surface area contributed by atoms with Gasteiger partial charge in [0.1, 0.15) is 17.4 Å². The van der Waals surface area contributed by atoms with Crippen LogP contribution in [0.15, 0.2) is 30.3 Å². The highest BCUT2D eigenvalue weighted by Gasteiger charge is 2.19. The molecule has 0 aromatic heterocycles. The third-order valence-corrected chi connectivity index (χ3v) is 4.61. The lowest BCUT2D eigenvalue weighted by Crippen LogP contribution is -2.18. The van der Waals surface area contributed by atoms with Crippen LogP contribution in [0, 0.1) is 15.2 Å². The Kier molecular flexibility index (Phi) is 7.93. The van der Waals surface area contributed by atoms with Crippen LogP contribution in [0.25, 0.3) is 0 Å². The van der Waals surface area contributed by atoms with Crippen molar-refractivity contribution in [3.8, 4) is 5.75 Å². The van der Waals surface area contributed by atoms with Crippen LogP contribution in [-0.2, 0) is 6.42 Å². The summed E-state index contributed by atoms with van der Waals surface area (Å²) in [6.45, 7) is -0.268. The predicted octanol–water partition coefficient (Wildman–Crippen LogP) is 2.77. The Morgan fingerprint density at radius 2 is 1.96 bits per heavy atom. The number of halogens is 3. The molecule has 0 bridgehead atoms. The second kappa shape index (κ2) is 9.95. The maximum atomic E-state index is 14.1. The molecule has 2 aromatic rings. The van der Waals surface area contributed by atoms with Gasteiger partial charge in [-0.15, -0.1) is 0 Å². The van der Waals surface area contributed by atoms with Gasteiger partial charge in [-0.05, 0) is 64.8 Å². The Hall–Kier alpha value is -1.78. The van der Waals surface area contributed by atoms with Crippen LogP contribution >= 0.6 is 22.6 Å². The number of hydrogen-bond acceptors (Lipinski definition) is 4. The minimum Gasteiger partial charge on any atom is -0.493 e. The molecule has 0 fully saturated rings. The second-order valence-electron chi connectivity index (χ2n) is 6.04. The first-order chi connectivity index (χ1) is 12.8. The second-order valence-corrected chi connectivity index (χ2v) is 7.29. The first kappa shape index (κ1) is 21.5. The van der Waals surface area contributed by atoms with E-state index in [9.17, 15) is 18.7 Å². The van der Waals surface area contributed by atoms with Gasteiger partial charge in [-0.1, -0.05) is 6.07 Å². The summed E-state index contributed by atoms with van der Waals surface area (Å²) in [7, 11) is 0. The number of aliphatic hydroxyl groups excluding tert-OH is 2. The normalized spacial score (nSPS) is 12.0. The summed E-state index contributed by atoms with van der Waals surface area (Å²) in [5.41, 5.74) is 5.98. The van der Waals surface area contributed by atoms with E-state index in [1.807, 2.05) is 22.6 Å². The molecule has 0 aliphatic carbocycles. The van der Waals surface area contributed by atoms with Crippen molar-refractivity contribution in [2.24, 2.45) is 5.73 Å². The van der Waals surface area contributed by atoms with E-state index >= 15 is 0 Å². The van der Waals surface area contributed by atoms with Crippen molar-refractivity contribution in [1.82, 2.24) is 0 Å². The SMILES string of the molecule is NC(=O)c1c(Cc2ccc(I)cc2F)cc(F)cc1OCCC[C@H](O)CO. The molecule has 8 heteroatoms. The van der Waals surface area contributed by atoms with Gasteiger partial charge < -0.3 is 20.7 Å². The molecule has 0 radical (unpaired) electrons. The van der Waals surface area contributed by atoms with Crippen molar-refractivity contribution in [2.75, 3.05) is 13.2 Å². The number of hydrogen-bond donors (Lipinski definition) is 3. The van der Waals surface area contributed by atoms with Crippen molar-refractivity contribution < 1.29 is 28.5 Å². The Morgan fingerprint density at radius 3 is 2.59 bits per heavy atom. The summed E-state index contributed by atoms with van der Waals surface area (Å²) >= 11 is 1.98. The lowest BCUT2D eigenvalue weighted by Gasteiger charge is -2.15. The van der Waals surface area contributed by atoms with Gasteiger partial charge in [-0.3, -0.25) is 4.79 Å². The van der Waals surface area contributed by atoms with E-state index in [1.165, 1.54) is 6.07 Å². The summed E-state index contributed by atoms with van der Waals surface area (Å²) in [5, 5.41) is 18.1. The highest BCUT2D eigenvalue weighted by atomic mass is 127. The Balaban J connectivity index is 2.26. The molecule has 0 unspecified atom stereocenters. The smallest absolute Gasteiger partial charge is 0.252 e. The van der Waals surface area contributed by atoms with Gasteiger partial charge in [0.15, 0.2) is 0 Å². The van der Waals surface area contributed by atoms with Crippen molar-refractivity contribution in [3.05, 3.63) is 62.2 Å². The third kappa shape index (κ3) is 6.12. The molecule has 0 heterocycles. The van der Waals surface area contributed by atoms with Gasteiger partial charge in [0.2, 0.25) is 0 Å². The molecule has 2 rings (SSSR count). The van der Waals surface area contributed by atoms with Gasteiger partial charge in [-0.25, -0.2) is 8.78 Å². The van der Waals surface area contributed by atoms with E-state index in [-0.39, 0.29) is 36.5 Å². The number of benzene rings is 2. The molecule has 27 heavy (non-hydrogen) atoms. The van der Waals surface area contributed by atoms with E-state index in [1.54, 1.807) is 12.1 Å². The molecule has 1 amide bonds. The number of primary amides is 1. The van der Waals surface area contributed by atoms with E-state index in [0.717, 1.165) is 15.7 Å². The van der Waals surface area contributed by atoms with Crippen LogP contribution in [0.1, 0.15) is 34.3 Å². The van der Waals surface area contributed by atoms with E-state index in [4.69, 9.17) is 15.6 Å². The predicted molar refractivity (Wildman–Crippen MR) is 105 cm³/mol. The van der Waals surface area contributed by atoms with Gasteiger partial charge in [-0.2, -0.15) is 0 Å². The van der Waals surface area contributed by atoms with Crippen molar-refractivity contribution in [3.63, 3.8) is 0 Å². The molecule has 0 saturated carbocycles. The fraction of sp³-hybridized carbons (Fsp3) is 0.316. The quantitative estimate of drug-likeness (QED) is 0.372. The molecular weight excluding hydrogens is 471 g/mol. The molecule has 0 saturated heterocycles. The Morgan fingerprint density at radius 1 is 1.22 bits per heavy atom.